The topological polar surface area (TPSA) is 53.6 Å². The highest BCUT2D eigenvalue weighted by Crippen LogP contribution is 2.17. The van der Waals surface area contributed by atoms with Gasteiger partial charge in [0.15, 0.2) is 0 Å². The molecule has 0 aliphatic carbocycles. The molecule has 0 fully saturated rings. The molecule has 0 bridgehead atoms. The van der Waals surface area contributed by atoms with Crippen molar-refractivity contribution in [1.82, 2.24) is 20.5 Å². The molecule has 0 saturated carbocycles. The van der Waals surface area contributed by atoms with E-state index in [-0.39, 0.29) is 0 Å². The third kappa shape index (κ3) is 2.22. The first kappa shape index (κ1) is 9.86. The first-order valence-electron chi connectivity index (χ1n) is 5.06. The molecule has 0 spiro atoms. The fraction of sp³-hybridized carbons (Fsp3) is 0.273. The molecular formula is C11H14N4. The molecule has 0 aromatic carbocycles. The number of aromatic amines is 1. The first-order valence-corrected chi connectivity index (χ1v) is 5.06. The molecule has 2 aromatic rings. The summed E-state index contributed by atoms with van der Waals surface area (Å²) in [5, 5.41) is 10.3. The number of nitrogens with one attached hydrogen (secondary N) is 2. The van der Waals surface area contributed by atoms with E-state index < -0.39 is 0 Å². The Bertz CT molecular complexity index is 408. The summed E-state index contributed by atoms with van der Waals surface area (Å²) in [4.78, 5) is 4.29. The number of hydrogen-bond donors (Lipinski definition) is 2. The minimum Gasteiger partial charge on any atom is -0.313 e. The lowest BCUT2D eigenvalue weighted by atomic mass is 10.2. The lowest BCUT2D eigenvalue weighted by molar-refractivity contribution is 0.728. The molecule has 0 aliphatic heterocycles. The Kier molecular flexibility index (Phi) is 3.09. The lowest BCUT2D eigenvalue weighted by Gasteiger charge is -2.02. The van der Waals surface area contributed by atoms with Gasteiger partial charge in [0.2, 0.25) is 0 Å². The number of pyridine rings is 1. The second-order valence-electron chi connectivity index (χ2n) is 3.27. The van der Waals surface area contributed by atoms with Crippen molar-refractivity contribution in [3.8, 4) is 11.4 Å². The zero-order valence-electron chi connectivity index (χ0n) is 8.70. The Morgan fingerprint density at radius 2 is 2.33 bits per heavy atom. The van der Waals surface area contributed by atoms with Crippen LogP contribution in [0, 0.1) is 0 Å². The fourth-order valence-corrected chi connectivity index (χ4v) is 1.44. The summed E-state index contributed by atoms with van der Waals surface area (Å²) in [5.41, 5.74) is 3.08. The van der Waals surface area contributed by atoms with Crippen LogP contribution in [-0.4, -0.2) is 21.7 Å². The number of H-pyrrole nitrogens is 1. The molecular weight excluding hydrogens is 188 g/mol. The molecule has 78 valence electrons. The number of aromatic nitrogens is 3. The second kappa shape index (κ2) is 4.70. The van der Waals surface area contributed by atoms with Crippen LogP contribution in [0.5, 0.6) is 0 Å². The quantitative estimate of drug-likeness (QED) is 0.791. The van der Waals surface area contributed by atoms with Crippen LogP contribution < -0.4 is 5.32 Å². The van der Waals surface area contributed by atoms with Crippen LogP contribution in [0.15, 0.2) is 30.6 Å². The lowest BCUT2D eigenvalue weighted by Crippen LogP contribution is -2.11. The minimum atomic E-state index is 0.818. The van der Waals surface area contributed by atoms with E-state index in [0.29, 0.717) is 0 Å². The van der Waals surface area contributed by atoms with Crippen LogP contribution in [0.25, 0.3) is 11.4 Å². The van der Waals surface area contributed by atoms with Crippen molar-refractivity contribution in [2.24, 2.45) is 0 Å². The van der Waals surface area contributed by atoms with Gasteiger partial charge >= 0.3 is 0 Å². The van der Waals surface area contributed by atoms with Crippen LogP contribution in [0.3, 0.4) is 0 Å². The van der Waals surface area contributed by atoms with Crippen LogP contribution in [0.2, 0.25) is 0 Å². The highest BCUT2D eigenvalue weighted by molar-refractivity contribution is 5.57. The van der Waals surface area contributed by atoms with E-state index in [9.17, 15) is 0 Å². The molecule has 2 N–H and O–H groups in total. The van der Waals surface area contributed by atoms with Crippen molar-refractivity contribution in [3.63, 3.8) is 0 Å². The predicted molar refractivity (Wildman–Crippen MR) is 59.2 cm³/mol. The van der Waals surface area contributed by atoms with Gasteiger partial charge < -0.3 is 5.32 Å². The summed E-state index contributed by atoms with van der Waals surface area (Å²) in [6.45, 7) is 3.85. The Morgan fingerprint density at radius 3 is 3.07 bits per heavy atom. The van der Waals surface area contributed by atoms with Crippen molar-refractivity contribution in [2.75, 3.05) is 6.54 Å². The molecule has 2 heterocycles. The summed E-state index contributed by atoms with van der Waals surface area (Å²) in [7, 11) is 0. The number of nitrogens with zero attached hydrogens (tertiary/aromatic N) is 2. The average Bonchev–Trinajstić information content (AvgIpc) is 2.75. The molecule has 0 aliphatic rings. The van der Waals surface area contributed by atoms with E-state index >= 15 is 0 Å². The molecule has 2 rings (SSSR count). The van der Waals surface area contributed by atoms with Crippen LogP contribution >= 0.6 is 0 Å². The molecule has 0 saturated heterocycles. The maximum Gasteiger partial charge on any atom is 0.0883 e. The largest absolute Gasteiger partial charge is 0.313 e. The number of hydrogen-bond acceptors (Lipinski definition) is 3. The second-order valence-corrected chi connectivity index (χ2v) is 3.27. The molecule has 0 amide bonds. The highest BCUT2D eigenvalue weighted by Gasteiger charge is 2.07. The Balaban J connectivity index is 2.25. The third-order valence-electron chi connectivity index (χ3n) is 2.20. The van der Waals surface area contributed by atoms with Gasteiger partial charge in [-0.05, 0) is 18.7 Å². The Labute approximate surface area is 88.8 Å². The van der Waals surface area contributed by atoms with Crippen molar-refractivity contribution in [2.45, 2.75) is 13.5 Å². The zero-order chi connectivity index (χ0) is 10.5. The SMILES string of the molecule is CCNCc1cn[nH]c1-c1ccccn1. The van der Waals surface area contributed by atoms with Crippen LogP contribution in [-0.2, 0) is 6.54 Å². The van der Waals surface area contributed by atoms with E-state index in [1.807, 2.05) is 24.4 Å². The van der Waals surface area contributed by atoms with Crippen molar-refractivity contribution < 1.29 is 0 Å². The normalized spacial score (nSPS) is 10.5. The van der Waals surface area contributed by atoms with E-state index in [2.05, 4.69) is 27.4 Å². The van der Waals surface area contributed by atoms with Crippen LogP contribution in [0.4, 0.5) is 0 Å². The van der Waals surface area contributed by atoms with Crippen molar-refractivity contribution >= 4 is 0 Å². The minimum absolute atomic E-state index is 0.818. The standard InChI is InChI=1S/C11H14N4/c1-2-12-7-9-8-14-15-11(9)10-5-3-4-6-13-10/h3-6,8,12H,2,7H2,1H3,(H,14,15). The molecule has 0 unspecified atom stereocenters. The van der Waals surface area contributed by atoms with Gasteiger partial charge in [0.1, 0.15) is 0 Å². The summed E-state index contributed by atoms with van der Waals surface area (Å²) in [5.74, 6) is 0. The van der Waals surface area contributed by atoms with Gasteiger partial charge in [0.25, 0.3) is 0 Å². The maximum absolute atomic E-state index is 4.29. The summed E-state index contributed by atoms with van der Waals surface area (Å²) >= 11 is 0. The van der Waals surface area contributed by atoms with Gasteiger partial charge in [-0.1, -0.05) is 13.0 Å². The third-order valence-corrected chi connectivity index (χ3v) is 2.20. The number of rotatable bonds is 4. The Hall–Kier alpha value is -1.68. The van der Waals surface area contributed by atoms with Gasteiger partial charge in [0, 0.05) is 18.3 Å². The molecule has 15 heavy (non-hydrogen) atoms. The van der Waals surface area contributed by atoms with Crippen molar-refractivity contribution in [3.05, 3.63) is 36.2 Å². The van der Waals surface area contributed by atoms with Crippen molar-refractivity contribution in [1.29, 1.82) is 0 Å². The van der Waals surface area contributed by atoms with Crippen LogP contribution in [0.1, 0.15) is 12.5 Å². The molecule has 4 heteroatoms. The van der Waals surface area contributed by atoms with Gasteiger partial charge in [-0.2, -0.15) is 5.10 Å². The zero-order valence-corrected chi connectivity index (χ0v) is 8.70. The molecule has 4 nitrogen and oxygen atoms in total. The summed E-state index contributed by atoms with van der Waals surface area (Å²) < 4.78 is 0. The maximum atomic E-state index is 4.29. The van der Waals surface area contributed by atoms with Gasteiger partial charge in [0.05, 0.1) is 17.6 Å². The van der Waals surface area contributed by atoms with Gasteiger partial charge in [-0.3, -0.25) is 10.1 Å². The van der Waals surface area contributed by atoms with E-state index in [1.165, 1.54) is 0 Å². The predicted octanol–water partition coefficient (Wildman–Crippen LogP) is 1.58. The van der Waals surface area contributed by atoms with E-state index in [1.54, 1.807) is 6.20 Å². The molecule has 2 aromatic heterocycles. The summed E-state index contributed by atoms with van der Waals surface area (Å²) in [6, 6.07) is 5.85. The summed E-state index contributed by atoms with van der Waals surface area (Å²) in [6.07, 6.45) is 3.62. The smallest absolute Gasteiger partial charge is 0.0883 e. The monoisotopic (exact) mass is 202 g/mol. The van der Waals surface area contributed by atoms with Gasteiger partial charge in [-0.25, -0.2) is 0 Å². The Morgan fingerprint density at radius 1 is 1.40 bits per heavy atom. The van der Waals surface area contributed by atoms with E-state index in [0.717, 1.165) is 30.0 Å². The molecule has 0 radical (unpaired) electrons. The first-order chi connectivity index (χ1) is 7.42. The highest BCUT2D eigenvalue weighted by atomic mass is 15.1. The average molecular weight is 202 g/mol. The fourth-order valence-electron chi connectivity index (χ4n) is 1.44. The van der Waals surface area contributed by atoms with E-state index in [4.69, 9.17) is 0 Å². The molecule has 0 atom stereocenters. The van der Waals surface area contributed by atoms with Gasteiger partial charge in [-0.15, -0.1) is 0 Å².